The molecular weight excluding hydrogens is 543 g/mol. The van der Waals surface area contributed by atoms with Crippen molar-refractivity contribution in [3.05, 3.63) is 140 Å². The van der Waals surface area contributed by atoms with E-state index in [0.29, 0.717) is 17.5 Å². The topological polar surface area (TPSA) is 38.7 Å². The fourth-order valence-electron chi connectivity index (χ4n) is 6.25. The number of rotatable bonds is 3. The minimum Gasteiger partial charge on any atom is -0.208 e. The highest BCUT2D eigenvalue weighted by atomic mass is 32.1. The van der Waals surface area contributed by atoms with Crippen molar-refractivity contribution in [1.29, 1.82) is 0 Å². The van der Waals surface area contributed by atoms with Crippen LogP contribution in [0.2, 0.25) is 0 Å². The van der Waals surface area contributed by atoms with Gasteiger partial charge in [-0.2, -0.15) is 0 Å². The predicted molar refractivity (Wildman–Crippen MR) is 182 cm³/mol. The van der Waals surface area contributed by atoms with Crippen LogP contribution < -0.4 is 0 Å². The van der Waals surface area contributed by atoms with Gasteiger partial charge in [0.2, 0.25) is 0 Å². The number of hydrogen-bond acceptors (Lipinski definition) is 4. The van der Waals surface area contributed by atoms with Gasteiger partial charge in [-0.05, 0) is 62.6 Å². The normalized spacial score (nSPS) is 11.7. The van der Waals surface area contributed by atoms with E-state index in [1.807, 2.05) is 72.0 Å². The molecule has 7 aromatic carbocycles. The molecule has 0 atom stereocenters. The van der Waals surface area contributed by atoms with Crippen LogP contribution in [0.3, 0.4) is 0 Å². The maximum atomic E-state index is 4.98. The summed E-state index contributed by atoms with van der Waals surface area (Å²) in [5.74, 6) is 2.01. The van der Waals surface area contributed by atoms with Crippen LogP contribution in [0.5, 0.6) is 0 Å². The van der Waals surface area contributed by atoms with E-state index in [4.69, 9.17) is 15.0 Å². The predicted octanol–water partition coefficient (Wildman–Crippen LogP) is 10.7. The van der Waals surface area contributed by atoms with Crippen LogP contribution in [0.4, 0.5) is 0 Å². The molecule has 2 aromatic heterocycles. The number of hydrogen-bond donors (Lipinski definition) is 0. The van der Waals surface area contributed by atoms with Crippen molar-refractivity contribution in [2.75, 3.05) is 0 Å². The SMILES string of the molecule is c1ccc(-c2nc(-c3ccccc3)nc(-c3ccc4sc5cc6c7ccccc7c7ccccc7c6cc5c4c3)n2)cc1. The summed E-state index contributed by atoms with van der Waals surface area (Å²) in [6.45, 7) is 0. The molecule has 0 aliphatic heterocycles. The van der Waals surface area contributed by atoms with E-state index in [1.54, 1.807) is 0 Å². The standard InChI is InChI=1S/C39H23N3S/c1-3-11-24(12-4-1)37-40-38(25-13-5-2-6-14-25)42-39(41-37)26-19-20-35-33(21-26)34-22-31-29-17-9-7-15-27(29)28-16-8-10-18-30(28)32(31)23-36(34)43-35/h1-23H. The molecule has 200 valence electrons. The summed E-state index contributed by atoms with van der Waals surface area (Å²) in [5.41, 5.74) is 2.92. The molecule has 9 rings (SSSR count). The van der Waals surface area contributed by atoms with Crippen LogP contribution in [-0.2, 0) is 0 Å². The van der Waals surface area contributed by atoms with E-state index in [-0.39, 0.29) is 0 Å². The van der Waals surface area contributed by atoms with Crippen molar-refractivity contribution in [2.24, 2.45) is 0 Å². The molecule has 43 heavy (non-hydrogen) atoms. The summed E-state index contributed by atoms with van der Waals surface area (Å²) in [6.07, 6.45) is 0. The Morgan fingerprint density at radius 2 is 0.744 bits per heavy atom. The maximum absolute atomic E-state index is 4.98. The van der Waals surface area contributed by atoms with E-state index in [9.17, 15) is 0 Å². The number of thiophene rings is 1. The molecule has 0 saturated heterocycles. The van der Waals surface area contributed by atoms with Gasteiger partial charge in [-0.25, -0.2) is 15.0 Å². The number of benzene rings is 7. The second-order valence-electron chi connectivity index (χ2n) is 10.8. The van der Waals surface area contributed by atoms with Crippen LogP contribution in [0, 0.1) is 0 Å². The zero-order valence-electron chi connectivity index (χ0n) is 23.0. The van der Waals surface area contributed by atoms with Crippen molar-refractivity contribution < 1.29 is 0 Å². The molecule has 9 aromatic rings. The first-order chi connectivity index (χ1) is 21.3. The van der Waals surface area contributed by atoms with Gasteiger partial charge in [0.15, 0.2) is 17.5 Å². The van der Waals surface area contributed by atoms with Gasteiger partial charge in [0.1, 0.15) is 0 Å². The summed E-state index contributed by atoms with van der Waals surface area (Å²) < 4.78 is 2.54. The van der Waals surface area contributed by atoms with Gasteiger partial charge >= 0.3 is 0 Å². The fourth-order valence-corrected chi connectivity index (χ4v) is 7.36. The number of aromatic nitrogens is 3. The number of nitrogens with zero attached hydrogens (tertiary/aromatic N) is 3. The van der Waals surface area contributed by atoms with Crippen LogP contribution in [0.1, 0.15) is 0 Å². The first-order valence-corrected chi connectivity index (χ1v) is 15.2. The third-order valence-electron chi connectivity index (χ3n) is 8.29. The molecule has 2 heterocycles. The van der Waals surface area contributed by atoms with E-state index in [2.05, 4.69) is 78.9 Å². The lowest BCUT2D eigenvalue weighted by molar-refractivity contribution is 1.07. The lowest BCUT2D eigenvalue weighted by Gasteiger charge is -2.10. The summed E-state index contributed by atoms with van der Waals surface area (Å²) >= 11 is 1.84. The molecule has 4 heteroatoms. The first-order valence-electron chi connectivity index (χ1n) is 14.4. The van der Waals surface area contributed by atoms with Crippen molar-refractivity contribution in [3.8, 4) is 34.2 Å². The molecule has 0 saturated carbocycles. The molecule has 0 fully saturated rings. The zero-order valence-corrected chi connectivity index (χ0v) is 23.8. The highest BCUT2D eigenvalue weighted by molar-refractivity contribution is 7.25. The average Bonchev–Trinajstić information content (AvgIpc) is 3.45. The van der Waals surface area contributed by atoms with E-state index < -0.39 is 0 Å². The van der Waals surface area contributed by atoms with Gasteiger partial charge in [-0.1, -0.05) is 109 Å². The summed E-state index contributed by atoms with van der Waals surface area (Å²) in [6, 6.07) is 49.1. The van der Waals surface area contributed by atoms with Gasteiger partial charge in [0.05, 0.1) is 0 Å². The molecule has 0 unspecified atom stereocenters. The molecule has 3 nitrogen and oxygen atoms in total. The molecule has 0 amide bonds. The lowest BCUT2D eigenvalue weighted by Crippen LogP contribution is -2.00. The highest BCUT2D eigenvalue weighted by Gasteiger charge is 2.16. The molecule has 0 bridgehead atoms. The van der Waals surface area contributed by atoms with Crippen LogP contribution >= 0.6 is 11.3 Å². The molecule has 0 spiro atoms. The quantitative estimate of drug-likeness (QED) is 0.200. The largest absolute Gasteiger partial charge is 0.208 e. The summed E-state index contributed by atoms with van der Waals surface area (Å²) in [4.78, 5) is 14.8. The van der Waals surface area contributed by atoms with E-state index >= 15 is 0 Å². The van der Waals surface area contributed by atoms with Crippen molar-refractivity contribution in [3.63, 3.8) is 0 Å². The molecule has 0 aliphatic rings. The van der Waals surface area contributed by atoms with E-state index in [1.165, 1.54) is 52.5 Å². The third-order valence-corrected chi connectivity index (χ3v) is 9.43. The van der Waals surface area contributed by atoms with Gasteiger partial charge in [-0.3, -0.25) is 0 Å². The monoisotopic (exact) mass is 565 g/mol. The molecule has 0 aliphatic carbocycles. The third kappa shape index (κ3) is 3.92. The van der Waals surface area contributed by atoms with Crippen LogP contribution in [0.15, 0.2) is 140 Å². The highest BCUT2D eigenvalue weighted by Crippen LogP contribution is 2.42. The molecule has 0 N–H and O–H groups in total. The molecule has 0 radical (unpaired) electrons. The Balaban J connectivity index is 1.29. The second-order valence-corrected chi connectivity index (χ2v) is 11.9. The first kappa shape index (κ1) is 24.2. The molecular formula is C39H23N3S. The zero-order chi connectivity index (χ0) is 28.3. The van der Waals surface area contributed by atoms with Crippen molar-refractivity contribution >= 4 is 63.8 Å². The Kier molecular flexibility index (Phi) is 5.37. The smallest absolute Gasteiger partial charge is 0.164 e. The van der Waals surface area contributed by atoms with Crippen LogP contribution in [0.25, 0.3) is 86.7 Å². The van der Waals surface area contributed by atoms with Gasteiger partial charge in [0, 0.05) is 36.9 Å². The lowest BCUT2D eigenvalue weighted by atomic mass is 9.93. The summed E-state index contributed by atoms with van der Waals surface area (Å²) in [5, 5.41) is 10.2. The Labute approximate surface area is 251 Å². The number of fused-ring (bicyclic) bond motifs is 9. The van der Waals surface area contributed by atoms with Gasteiger partial charge in [0.25, 0.3) is 0 Å². The maximum Gasteiger partial charge on any atom is 0.164 e. The van der Waals surface area contributed by atoms with E-state index in [0.717, 1.165) is 16.7 Å². The fraction of sp³-hybridized carbons (Fsp3) is 0. The Bertz CT molecular complexity index is 2440. The minimum atomic E-state index is 0.670. The Morgan fingerprint density at radius 3 is 1.30 bits per heavy atom. The Hall–Kier alpha value is -5.45. The van der Waals surface area contributed by atoms with Crippen molar-refractivity contribution in [1.82, 2.24) is 15.0 Å². The van der Waals surface area contributed by atoms with Crippen LogP contribution in [-0.4, -0.2) is 15.0 Å². The minimum absolute atomic E-state index is 0.670. The average molecular weight is 566 g/mol. The van der Waals surface area contributed by atoms with Gasteiger partial charge < -0.3 is 0 Å². The second kappa shape index (κ2) is 9.55. The summed E-state index contributed by atoms with van der Waals surface area (Å²) in [7, 11) is 0. The van der Waals surface area contributed by atoms with Gasteiger partial charge in [-0.15, -0.1) is 11.3 Å². The Morgan fingerprint density at radius 1 is 0.302 bits per heavy atom. The van der Waals surface area contributed by atoms with Crippen molar-refractivity contribution in [2.45, 2.75) is 0 Å².